The molecule has 5 nitrogen and oxygen atoms in total. The predicted molar refractivity (Wildman–Crippen MR) is 54.2 cm³/mol. The van der Waals surface area contributed by atoms with E-state index in [4.69, 9.17) is 5.11 Å². The lowest BCUT2D eigenvalue weighted by atomic mass is 10.5. The molecule has 84 valence electrons. The molecule has 0 heterocycles. The number of amides is 1. The lowest BCUT2D eigenvalue weighted by Gasteiger charge is -2.17. The summed E-state index contributed by atoms with van der Waals surface area (Å²) in [7, 11) is 0. The summed E-state index contributed by atoms with van der Waals surface area (Å²) < 4.78 is 4.62. The molecule has 0 bridgehead atoms. The first kappa shape index (κ1) is 13.2. The van der Waals surface area contributed by atoms with Crippen LogP contribution in [0.3, 0.4) is 0 Å². The summed E-state index contributed by atoms with van der Waals surface area (Å²) >= 11 is 0. The number of likely N-dealkylation sites (N-methyl/N-ethyl adjacent to an activating group) is 1. The molecule has 0 aliphatic carbocycles. The molecule has 0 aliphatic rings. The van der Waals surface area contributed by atoms with E-state index in [2.05, 4.69) is 28.8 Å². The maximum atomic E-state index is 10.9. The minimum absolute atomic E-state index is 0.0527. The molecule has 0 saturated heterocycles. The standard InChI is InChI=1S/C9H20N2O3/c1-3-11(4-2)6-5-10-9(13)14-8-7-12/h12H,3-8H2,1-2H3,(H,10,13). The lowest BCUT2D eigenvalue weighted by Crippen LogP contribution is -2.35. The van der Waals surface area contributed by atoms with E-state index in [9.17, 15) is 4.79 Å². The summed E-state index contributed by atoms with van der Waals surface area (Å²) in [4.78, 5) is 13.1. The third-order valence-corrected chi connectivity index (χ3v) is 1.92. The molecule has 5 heteroatoms. The summed E-state index contributed by atoms with van der Waals surface area (Å²) in [5.41, 5.74) is 0. The van der Waals surface area contributed by atoms with Crippen molar-refractivity contribution < 1.29 is 14.6 Å². The second-order valence-electron chi connectivity index (χ2n) is 2.81. The van der Waals surface area contributed by atoms with E-state index < -0.39 is 6.09 Å². The van der Waals surface area contributed by atoms with Gasteiger partial charge in [-0.1, -0.05) is 13.8 Å². The Balaban J connectivity index is 3.38. The molecular weight excluding hydrogens is 184 g/mol. The fourth-order valence-corrected chi connectivity index (χ4v) is 1.05. The topological polar surface area (TPSA) is 61.8 Å². The van der Waals surface area contributed by atoms with E-state index in [0.717, 1.165) is 19.6 Å². The van der Waals surface area contributed by atoms with Crippen molar-refractivity contribution in [3.63, 3.8) is 0 Å². The van der Waals surface area contributed by atoms with Crippen molar-refractivity contribution in [2.75, 3.05) is 39.4 Å². The molecule has 0 unspecified atom stereocenters. The van der Waals surface area contributed by atoms with Crippen LogP contribution in [0.2, 0.25) is 0 Å². The van der Waals surface area contributed by atoms with Gasteiger partial charge in [-0.3, -0.25) is 0 Å². The molecule has 2 N–H and O–H groups in total. The zero-order valence-electron chi connectivity index (χ0n) is 8.95. The van der Waals surface area contributed by atoms with Crippen LogP contribution in [-0.2, 0) is 4.74 Å². The Bertz CT molecular complexity index is 149. The van der Waals surface area contributed by atoms with Crippen LogP contribution in [0.25, 0.3) is 0 Å². The summed E-state index contributed by atoms with van der Waals surface area (Å²) in [5, 5.41) is 11.0. The number of hydrogen-bond acceptors (Lipinski definition) is 4. The third-order valence-electron chi connectivity index (χ3n) is 1.92. The molecule has 0 aliphatic heterocycles. The van der Waals surface area contributed by atoms with Crippen molar-refractivity contribution >= 4 is 6.09 Å². The molecular formula is C9H20N2O3. The number of aliphatic hydroxyl groups is 1. The van der Waals surface area contributed by atoms with Crippen LogP contribution in [0, 0.1) is 0 Å². The van der Waals surface area contributed by atoms with Crippen LogP contribution < -0.4 is 5.32 Å². The molecule has 0 spiro atoms. The second kappa shape index (κ2) is 8.77. The molecule has 0 aromatic rings. The number of carbonyl (C=O) groups is 1. The van der Waals surface area contributed by atoms with Crippen LogP contribution >= 0.6 is 0 Å². The van der Waals surface area contributed by atoms with Crippen LogP contribution in [-0.4, -0.2) is 55.5 Å². The average Bonchev–Trinajstić information content (AvgIpc) is 2.21. The van der Waals surface area contributed by atoms with Gasteiger partial charge >= 0.3 is 6.09 Å². The number of nitrogens with zero attached hydrogens (tertiary/aromatic N) is 1. The van der Waals surface area contributed by atoms with Crippen molar-refractivity contribution in [1.82, 2.24) is 10.2 Å². The van der Waals surface area contributed by atoms with E-state index in [0.29, 0.717) is 6.54 Å². The van der Waals surface area contributed by atoms with Crippen LogP contribution in [0.4, 0.5) is 4.79 Å². The molecule has 1 amide bonds. The predicted octanol–water partition coefficient (Wildman–Crippen LogP) is 0.0467. The number of carbonyl (C=O) groups excluding carboxylic acids is 1. The molecule has 14 heavy (non-hydrogen) atoms. The molecule has 0 rings (SSSR count). The summed E-state index contributed by atoms with van der Waals surface area (Å²) in [6.07, 6.45) is -0.466. The number of aliphatic hydroxyl groups excluding tert-OH is 1. The minimum atomic E-state index is -0.466. The van der Waals surface area contributed by atoms with Crippen molar-refractivity contribution in [3.8, 4) is 0 Å². The van der Waals surface area contributed by atoms with Gasteiger partial charge in [0.1, 0.15) is 6.61 Å². The number of alkyl carbamates (subject to hydrolysis) is 1. The summed E-state index contributed by atoms with van der Waals surface area (Å²) in [5.74, 6) is 0. The SMILES string of the molecule is CCN(CC)CCNC(=O)OCCO. The van der Waals surface area contributed by atoms with E-state index in [1.165, 1.54) is 0 Å². The Kier molecular flexibility index (Phi) is 8.27. The fraction of sp³-hybridized carbons (Fsp3) is 0.889. The normalized spacial score (nSPS) is 10.3. The van der Waals surface area contributed by atoms with E-state index in [1.54, 1.807) is 0 Å². The second-order valence-corrected chi connectivity index (χ2v) is 2.81. The van der Waals surface area contributed by atoms with Gasteiger partial charge in [0.25, 0.3) is 0 Å². The monoisotopic (exact) mass is 204 g/mol. The Morgan fingerprint density at radius 2 is 2.07 bits per heavy atom. The zero-order chi connectivity index (χ0) is 10.8. The number of hydrogen-bond donors (Lipinski definition) is 2. The Morgan fingerprint density at radius 3 is 2.57 bits per heavy atom. The van der Waals surface area contributed by atoms with Gasteiger partial charge in [0.2, 0.25) is 0 Å². The third kappa shape index (κ3) is 6.68. The molecule has 0 aromatic carbocycles. The van der Waals surface area contributed by atoms with E-state index in [1.807, 2.05) is 0 Å². The largest absolute Gasteiger partial charge is 0.447 e. The smallest absolute Gasteiger partial charge is 0.407 e. The fourth-order valence-electron chi connectivity index (χ4n) is 1.05. The first-order valence-electron chi connectivity index (χ1n) is 4.98. The average molecular weight is 204 g/mol. The van der Waals surface area contributed by atoms with Gasteiger partial charge in [0.05, 0.1) is 6.61 Å². The minimum Gasteiger partial charge on any atom is -0.447 e. The summed E-state index contributed by atoms with van der Waals surface area (Å²) in [6, 6.07) is 0. The zero-order valence-corrected chi connectivity index (χ0v) is 8.95. The highest BCUT2D eigenvalue weighted by molar-refractivity contribution is 5.67. The summed E-state index contributed by atoms with van der Waals surface area (Å²) in [6.45, 7) is 7.42. The maximum Gasteiger partial charge on any atom is 0.407 e. The van der Waals surface area contributed by atoms with Crippen molar-refractivity contribution in [3.05, 3.63) is 0 Å². The first-order valence-corrected chi connectivity index (χ1v) is 4.98. The highest BCUT2D eigenvalue weighted by Crippen LogP contribution is 1.84. The van der Waals surface area contributed by atoms with Crippen LogP contribution in [0.1, 0.15) is 13.8 Å². The molecule has 0 saturated carbocycles. The highest BCUT2D eigenvalue weighted by Gasteiger charge is 2.02. The van der Waals surface area contributed by atoms with E-state index in [-0.39, 0.29) is 13.2 Å². The van der Waals surface area contributed by atoms with Gasteiger partial charge in [-0.25, -0.2) is 4.79 Å². The van der Waals surface area contributed by atoms with Crippen molar-refractivity contribution in [2.45, 2.75) is 13.8 Å². The lowest BCUT2D eigenvalue weighted by molar-refractivity contribution is 0.118. The Labute approximate surface area is 85.0 Å². The van der Waals surface area contributed by atoms with Gasteiger partial charge in [-0.2, -0.15) is 0 Å². The molecule has 0 aromatic heterocycles. The van der Waals surface area contributed by atoms with Gasteiger partial charge in [-0.15, -0.1) is 0 Å². The van der Waals surface area contributed by atoms with Gasteiger partial charge in [0.15, 0.2) is 0 Å². The van der Waals surface area contributed by atoms with Gasteiger partial charge < -0.3 is 20.1 Å². The number of rotatable bonds is 7. The van der Waals surface area contributed by atoms with E-state index >= 15 is 0 Å². The Morgan fingerprint density at radius 1 is 1.43 bits per heavy atom. The molecule has 0 fully saturated rings. The molecule has 0 atom stereocenters. The van der Waals surface area contributed by atoms with Gasteiger partial charge in [-0.05, 0) is 13.1 Å². The van der Waals surface area contributed by atoms with Gasteiger partial charge in [0, 0.05) is 13.1 Å². The maximum absolute atomic E-state index is 10.9. The van der Waals surface area contributed by atoms with Crippen molar-refractivity contribution in [1.29, 1.82) is 0 Å². The highest BCUT2D eigenvalue weighted by atomic mass is 16.6. The van der Waals surface area contributed by atoms with Crippen LogP contribution in [0.5, 0.6) is 0 Å². The van der Waals surface area contributed by atoms with Crippen molar-refractivity contribution in [2.24, 2.45) is 0 Å². The first-order chi connectivity index (χ1) is 6.74. The van der Waals surface area contributed by atoms with Crippen LogP contribution in [0.15, 0.2) is 0 Å². The molecule has 0 radical (unpaired) electrons. The number of nitrogens with one attached hydrogen (secondary N) is 1. The Hall–Kier alpha value is -0.810. The number of ether oxygens (including phenoxy) is 1. The quantitative estimate of drug-likeness (QED) is 0.615.